The van der Waals surface area contributed by atoms with E-state index >= 15 is 0 Å². The molecule has 1 aliphatic heterocycles. The van der Waals surface area contributed by atoms with Gasteiger partial charge in [-0.25, -0.2) is 0 Å². The van der Waals surface area contributed by atoms with Crippen molar-refractivity contribution >= 4 is 5.69 Å². The number of rotatable bonds is 4. The Hall–Kier alpha value is -1.87. The summed E-state index contributed by atoms with van der Waals surface area (Å²) < 4.78 is 38.6. The minimum atomic E-state index is -4.39. The summed E-state index contributed by atoms with van der Waals surface area (Å²) in [6.07, 6.45) is -5.48. The van der Waals surface area contributed by atoms with Gasteiger partial charge in [-0.1, -0.05) is 6.07 Å². The molecule has 0 amide bonds. The number of benzene rings is 1. The van der Waals surface area contributed by atoms with Crippen LogP contribution in [0.4, 0.5) is 18.9 Å². The Bertz CT molecular complexity index is 545. The SMILES string of the molecule is O=[N+]([O-])c1cc([C@H](CC(F)(F)F)N2CCNCC2)ccc1O. The summed E-state index contributed by atoms with van der Waals surface area (Å²) in [7, 11) is 0. The Morgan fingerprint density at radius 1 is 1.36 bits per heavy atom. The van der Waals surface area contributed by atoms with Gasteiger partial charge in [-0.05, 0) is 11.6 Å². The van der Waals surface area contributed by atoms with E-state index in [0.717, 1.165) is 12.1 Å². The third-order valence-corrected chi connectivity index (χ3v) is 3.60. The van der Waals surface area contributed by atoms with Gasteiger partial charge in [0.1, 0.15) is 0 Å². The van der Waals surface area contributed by atoms with Crippen LogP contribution in [-0.2, 0) is 0 Å². The molecule has 0 bridgehead atoms. The number of nitrogens with zero attached hydrogens (tertiary/aromatic N) is 2. The maximum atomic E-state index is 12.9. The quantitative estimate of drug-likeness (QED) is 0.657. The van der Waals surface area contributed by atoms with Gasteiger partial charge < -0.3 is 10.4 Å². The maximum Gasteiger partial charge on any atom is 0.390 e. The molecule has 1 aromatic carbocycles. The van der Waals surface area contributed by atoms with Crippen LogP contribution in [-0.4, -0.2) is 47.3 Å². The maximum absolute atomic E-state index is 12.9. The van der Waals surface area contributed by atoms with E-state index < -0.39 is 35.0 Å². The molecule has 1 heterocycles. The molecular weight excluding hydrogens is 303 g/mol. The van der Waals surface area contributed by atoms with Crippen molar-refractivity contribution in [3.8, 4) is 5.75 Å². The number of phenols is 1. The molecule has 1 aliphatic rings. The Morgan fingerprint density at radius 2 is 2.00 bits per heavy atom. The number of aromatic hydroxyl groups is 1. The molecule has 1 fully saturated rings. The van der Waals surface area contributed by atoms with Crippen molar-refractivity contribution < 1.29 is 23.2 Å². The van der Waals surface area contributed by atoms with Gasteiger partial charge in [-0.3, -0.25) is 15.0 Å². The molecule has 9 heteroatoms. The zero-order valence-electron chi connectivity index (χ0n) is 11.6. The number of nitro benzene ring substituents is 1. The third-order valence-electron chi connectivity index (χ3n) is 3.60. The second-order valence-corrected chi connectivity index (χ2v) is 5.13. The van der Waals surface area contributed by atoms with Gasteiger partial charge in [0.2, 0.25) is 0 Å². The summed E-state index contributed by atoms with van der Waals surface area (Å²) in [5, 5.41) is 23.4. The van der Waals surface area contributed by atoms with Crippen molar-refractivity contribution in [2.75, 3.05) is 26.2 Å². The Kier molecular flexibility index (Phi) is 4.87. The van der Waals surface area contributed by atoms with Crippen LogP contribution in [0.2, 0.25) is 0 Å². The van der Waals surface area contributed by atoms with Gasteiger partial charge in [0.05, 0.1) is 11.3 Å². The molecule has 122 valence electrons. The minimum absolute atomic E-state index is 0.184. The van der Waals surface area contributed by atoms with Gasteiger partial charge in [0.25, 0.3) is 0 Å². The third kappa shape index (κ3) is 4.08. The lowest BCUT2D eigenvalue weighted by Crippen LogP contribution is -2.46. The van der Waals surface area contributed by atoms with Gasteiger partial charge >= 0.3 is 11.9 Å². The highest BCUT2D eigenvalue weighted by molar-refractivity contribution is 5.48. The molecule has 6 nitrogen and oxygen atoms in total. The van der Waals surface area contributed by atoms with Crippen molar-refractivity contribution in [3.05, 3.63) is 33.9 Å². The lowest BCUT2D eigenvalue weighted by atomic mass is 10.00. The van der Waals surface area contributed by atoms with Crippen LogP contribution in [0.5, 0.6) is 5.75 Å². The normalized spacial score (nSPS) is 18.1. The number of nitrogens with one attached hydrogen (secondary N) is 1. The average molecular weight is 319 g/mol. The number of piperazine rings is 1. The number of alkyl halides is 3. The fourth-order valence-electron chi connectivity index (χ4n) is 2.56. The van der Waals surface area contributed by atoms with E-state index in [9.17, 15) is 28.4 Å². The van der Waals surface area contributed by atoms with Crippen LogP contribution in [0.15, 0.2) is 18.2 Å². The van der Waals surface area contributed by atoms with Crippen molar-refractivity contribution in [1.82, 2.24) is 10.2 Å². The standard InChI is InChI=1S/C13H16F3N3O3/c14-13(15,16)8-11(18-5-3-17-4-6-18)9-1-2-12(20)10(7-9)19(21)22/h1-2,7,11,17,20H,3-6,8H2/t11-/m0/s1. The van der Waals surface area contributed by atoms with E-state index in [2.05, 4.69) is 5.32 Å². The molecule has 0 aliphatic carbocycles. The zero-order valence-corrected chi connectivity index (χ0v) is 11.6. The summed E-state index contributed by atoms with van der Waals surface area (Å²) in [5.41, 5.74) is -0.400. The molecule has 2 rings (SSSR count). The summed E-state index contributed by atoms with van der Waals surface area (Å²) in [5.74, 6) is -0.556. The first-order chi connectivity index (χ1) is 10.3. The van der Waals surface area contributed by atoms with Gasteiger partial charge in [0, 0.05) is 38.3 Å². The predicted octanol–water partition coefficient (Wildman–Crippen LogP) is 2.20. The zero-order chi connectivity index (χ0) is 16.3. The second-order valence-electron chi connectivity index (χ2n) is 5.13. The number of hydrogen-bond acceptors (Lipinski definition) is 5. The molecular formula is C13H16F3N3O3. The monoisotopic (exact) mass is 319 g/mol. The van der Waals surface area contributed by atoms with Crippen molar-refractivity contribution in [2.45, 2.75) is 18.6 Å². The summed E-state index contributed by atoms with van der Waals surface area (Å²) in [6, 6.07) is 2.40. The molecule has 0 radical (unpaired) electrons. The topological polar surface area (TPSA) is 78.6 Å². The van der Waals surface area contributed by atoms with Crippen LogP contribution in [0.25, 0.3) is 0 Å². The van der Waals surface area contributed by atoms with E-state index in [-0.39, 0.29) is 5.56 Å². The van der Waals surface area contributed by atoms with E-state index in [1.165, 1.54) is 6.07 Å². The first kappa shape index (κ1) is 16.5. The van der Waals surface area contributed by atoms with E-state index in [4.69, 9.17) is 0 Å². The molecule has 1 atom stereocenters. The van der Waals surface area contributed by atoms with Crippen LogP contribution >= 0.6 is 0 Å². The lowest BCUT2D eigenvalue weighted by Gasteiger charge is -2.35. The largest absolute Gasteiger partial charge is 0.502 e. The highest BCUT2D eigenvalue weighted by Crippen LogP contribution is 2.37. The van der Waals surface area contributed by atoms with Crippen LogP contribution in [0, 0.1) is 10.1 Å². The second kappa shape index (κ2) is 6.49. The number of nitro groups is 1. The Balaban J connectivity index is 2.35. The molecule has 1 saturated heterocycles. The fourth-order valence-corrected chi connectivity index (χ4v) is 2.56. The Labute approximate surface area is 124 Å². The van der Waals surface area contributed by atoms with Crippen LogP contribution in [0.1, 0.15) is 18.0 Å². The van der Waals surface area contributed by atoms with E-state index in [1.54, 1.807) is 4.90 Å². The Morgan fingerprint density at radius 3 is 2.55 bits per heavy atom. The van der Waals surface area contributed by atoms with Gasteiger partial charge in [-0.2, -0.15) is 13.2 Å². The van der Waals surface area contributed by atoms with E-state index in [0.29, 0.717) is 26.2 Å². The fraction of sp³-hybridized carbons (Fsp3) is 0.538. The highest BCUT2D eigenvalue weighted by Gasteiger charge is 2.36. The number of hydrogen-bond donors (Lipinski definition) is 2. The van der Waals surface area contributed by atoms with Crippen molar-refractivity contribution in [3.63, 3.8) is 0 Å². The van der Waals surface area contributed by atoms with Gasteiger partial charge in [-0.15, -0.1) is 0 Å². The molecule has 0 aromatic heterocycles. The van der Waals surface area contributed by atoms with Crippen LogP contribution in [0.3, 0.4) is 0 Å². The van der Waals surface area contributed by atoms with Gasteiger partial charge in [0.15, 0.2) is 5.75 Å². The molecule has 22 heavy (non-hydrogen) atoms. The highest BCUT2D eigenvalue weighted by atomic mass is 19.4. The lowest BCUT2D eigenvalue weighted by molar-refractivity contribution is -0.386. The summed E-state index contributed by atoms with van der Waals surface area (Å²) in [6.45, 7) is 1.98. The summed E-state index contributed by atoms with van der Waals surface area (Å²) >= 11 is 0. The molecule has 0 unspecified atom stereocenters. The first-order valence-electron chi connectivity index (χ1n) is 6.77. The molecule has 2 N–H and O–H groups in total. The van der Waals surface area contributed by atoms with Crippen molar-refractivity contribution in [2.24, 2.45) is 0 Å². The first-order valence-corrected chi connectivity index (χ1v) is 6.77. The molecule has 0 saturated carbocycles. The summed E-state index contributed by atoms with van der Waals surface area (Å²) in [4.78, 5) is 11.7. The number of halogens is 3. The van der Waals surface area contributed by atoms with Crippen LogP contribution < -0.4 is 5.32 Å². The smallest absolute Gasteiger partial charge is 0.390 e. The minimum Gasteiger partial charge on any atom is -0.502 e. The molecule has 0 spiro atoms. The molecule has 1 aromatic rings. The average Bonchev–Trinajstić information content (AvgIpc) is 2.45. The van der Waals surface area contributed by atoms with E-state index in [1.807, 2.05) is 0 Å². The van der Waals surface area contributed by atoms with Crippen molar-refractivity contribution in [1.29, 1.82) is 0 Å². The predicted molar refractivity (Wildman–Crippen MR) is 72.6 cm³/mol. The number of phenolic OH excluding ortho intramolecular Hbond substituents is 1.